The van der Waals surface area contributed by atoms with E-state index in [0.717, 1.165) is 6.42 Å². The average Bonchev–Trinajstić information content (AvgIpc) is 2.53. The van der Waals surface area contributed by atoms with E-state index >= 15 is 0 Å². The Morgan fingerprint density at radius 2 is 0.742 bits per heavy atom. The molecule has 0 atom stereocenters. The van der Waals surface area contributed by atoms with Crippen LogP contribution in [0.3, 0.4) is 0 Å². The molecule has 31 heavy (non-hydrogen) atoms. The van der Waals surface area contributed by atoms with Crippen LogP contribution >= 0.6 is 0 Å². The maximum atomic E-state index is 6.77. The molecule has 0 aromatic rings. The number of hydrogen-bond donors (Lipinski definition) is 1. The van der Waals surface area contributed by atoms with Crippen LogP contribution in [-0.2, 0) is 13.3 Å². The van der Waals surface area contributed by atoms with E-state index in [9.17, 15) is 0 Å². The van der Waals surface area contributed by atoms with Crippen molar-refractivity contribution in [3.8, 4) is 0 Å². The third-order valence-corrected chi connectivity index (χ3v) is 21.7. The molecule has 4 nitrogen and oxygen atoms in total. The lowest BCUT2D eigenvalue weighted by Gasteiger charge is -2.46. The van der Waals surface area contributed by atoms with Gasteiger partial charge in [0.15, 0.2) is 25.0 Å². The Hall–Kier alpha value is 0.491. The minimum atomic E-state index is -1.90. The highest BCUT2D eigenvalue weighted by Crippen LogP contribution is 2.42. The first kappa shape index (κ1) is 31.5. The van der Waals surface area contributed by atoms with Crippen molar-refractivity contribution in [2.75, 3.05) is 26.4 Å². The number of nitrogens with two attached hydrogens (primary N) is 1. The number of hydrogen-bond acceptors (Lipinski definition) is 4. The molecule has 0 aliphatic heterocycles. The molecule has 0 aromatic carbocycles. The van der Waals surface area contributed by atoms with Crippen LogP contribution in [0, 0.1) is 5.41 Å². The third kappa shape index (κ3) is 8.98. The second-order valence-corrected chi connectivity index (χ2v) is 28.6. The summed E-state index contributed by atoms with van der Waals surface area (Å²) in [6.07, 6.45) is 0.852. The van der Waals surface area contributed by atoms with E-state index in [0.29, 0.717) is 26.4 Å². The highest BCUT2D eigenvalue weighted by molar-refractivity contribution is 6.75. The molecule has 0 bridgehead atoms. The van der Waals surface area contributed by atoms with Gasteiger partial charge in [-0.3, -0.25) is 0 Å². The molecule has 0 aliphatic rings. The zero-order chi connectivity index (χ0) is 25.2. The quantitative estimate of drug-likeness (QED) is 0.306. The van der Waals surface area contributed by atoms with E-state index in [1.807, 2.05) is 0 Å². The fourth-order valence-corrected chi connectivity index (χ4v) is 5.60. The summed E-state index contributed by atoms with van der Waals surface area (Å²) in [4.78, 5) is 0. The van der Waals surface area contributed by atoms with E-state index in [2.05, 4.69) is 102 Å². The summed E-state index contributed by atoms with van der Waals surface area (Å²) >= 11 is 0. The van der Waals surface area contributed by atoms with Crippen LogP contribution in [0.4, 0.5) is 0 Å². The first-order chi connectivity index (χ1) is 13.4. The Morgan fingerprint density at radius 3 is 0.903 bits per heavy atom. The highest BCUT2D eigenvalue weighted by Gasteiger charge is 2.45. The lowest BCUT2D eigenvalue weighted by atomic mass is 9.87. The predicted molar refractivity (Wildman–Crippen MR) is 146 cm³/mol. The molecule has 0 aliphatic carbocycles. The molecular formula is C24H57NO3Si3. The molecule has 0 spiro atoms. The van der Waals surface area contributed by atoms with Crippen LogP contribution in [0.5, 0.6) is 0 Å². The van der Waals surface area contributed by atoms with Crippen LogP contribution in [0.2, 0.25) is 54.4 Å². The fourth-order valence-electron chi connectivity index (χ4n) is 2.30. The van der Waals surface area contributed by atoms with Crippen molar-refractivity contribution in [1.82, 2.24) is 0 Å². The molecule has 2 N–H and O–H groups in total. The summed E-state index contributed by atoms with van der Waals surface area (Å²) in [7, 11) is -5.69. The SMILES string of the molecule is CC(C)(C)[Si](C)(C)OCC(CCN)(CO[Si](C)(C)C(C)(C)C)CO[Si](C)(C)C(C)(C)C. The van der Waals surface area contributed by atoms with Crippen LogP contribution in [0.15, 0.2) is 0 Å². The molecule has 7 heteroatoms. The van der Waals surface area contributed by atoms with Gasteiger partial charge in [-0.05, 0) is 67.4 Å². The normalized spacial score (nSPS) is 15.5. The average molecular weight is 492 g/mol. The molecule has 0 saturated carbocycles. The Morgan fingerprint density at radius 1 is 0.516 bits per heavy atom. The van der Waals surface area contributed by atoms with Crippen LogP contribution < -0.4 is 5.73 Å². The van der Waals surface area contributed by atoms with Gasteiger partial charge in [0.1, 0.15) is 0 Å². The van der Waals surface area contributed by atoms with Gasteiger partial charge in [0.25, 0.3) is 0 Å². The van der Waals surface area contributed by atoms with Crippen LogP contribution in [0.1, 0.15) is 68.7 Å². The van der Waals surface area contributed by atoms with E-state index in [4.69, 9.17) is 19.0 Å². The summed E-state index contributed by atoms with van der Waals surface area (Å²) in [5, 5.41) is 0.506. The largest absolute Gasteiger partial charge is 0.416 e. The Bertz CT molecular complexity index is 482. The third-order valence-electron chi connectivity index (χ3n) is 8.31. The summed E-state index contributed by atoms with van der Waals surface area (Å²) in [5.41, 5.74) is 5.94. The molecule has 0 aromatic heterocycles. The second-order valence-electron chi connectivity index (χ2n) is 14.2. The van der Waals surface area contributed by atoms with Gasteiger partial charge in [0.05, 0.1) is 0 Å². The Kier molecular flexibility index (Phi) is 10.6. The van der Waals surface area contributed by atoms with E-state index in [-0.39, 0.29) is 20.5 Å². The molecule has 0 heterocycles. The molecule has 0 fully saturated rings. The second kappa shape index (κ2) is 10.4. The van der Waals surface area contributed by atoms with Gasteiger partial charge in [0, 0.05) is 25.2 Å². The van der Waals surface area contributed by atoms with Gasteiger partial charge in [-0.15, -0.1) is 0 Å². The zero-order valence-corrected chi connectivity index (χ0v) is 26.8. The summed E-state index contributed by atoms with van der Waals surface area (Å²) < 4.78 is 20.3. The standard InChI is InChI=1S/C24H57NO3Si3/c1-21(2,3)29(10,11)26-18-24(16-17-25,19-27-30(12,13)22(4,5)6)20-28-31(14,15)23(7,8)9/h16-20,25H2,1-15H3. The first-order valence-electron chi connectivity index (χ1n) is 12.1. The van der Waals surface area contributed by atoms with Crippen LogP contribution in [-0.4, -0.2) is 51.3 Å². The van der Waals surface area contributed by atoms with Crippen molar-refractivity contribution < 1.29 is 13.3 Å². The van der Waals surface area contributed by atoms with Gasteiger partial charge < -0.3 is 19.0 Å². The summed E-state index contributed by atoms with van der Waals surface area (Å²) in [6.45, 7) is 37.2. The minimum absolute atomic E-state index is 0.169. The molecular weight excluding hydrogens is 435 g/mol. The van der Waals surface area contributed by atoms with Crippen molar-refractivity contribution in [3.05, 3.63) is 0 Å². The smallest absolute Gasteiger partial charge is 0.192 e. The zero-order valence-electron chi connectivity index (χ0n) is 23.8. The van der Waals surface area contributed by atoms with Crippen LogP contribution in [0.25, 0.3) is 0 Å². The first-order valence-corrected chi connectivity index (χ1v) is 20.8. The Balaban J connectivity index is 5.91. The van der Waals surface area contributed by atoms with Crippen molar-refractivity contribution in [2.45, 2.75) is 123 Å². The van der Waals surface area contributed by atoms with Gasteiger partial charge in [-0.2, -0.15) is 0 Å². The maximum Gasteiger partial charge on any atom is 0.192 e. The molecule has 0 rings (SSSR count). The fraction of sp³-hybridized carbons (Fsp3) is 1.00. The number of rotatable bonds is 11. The highest BCUT2D eigenvalue weighted by atomic mass is 28.4. The van der Waals surface area contributed by atoms with E-state index in [1.165, 1.54) is 0 Å². The monoisotopic (exact) mass is 491 g/mol. The lowest BCUT2D eigenvalue weighted by Crippen LogP contribution is -2.52. The van der Waals surface area contributed by atoms with Gasteiger partial charge >= 0.3 is 0 Å². The minimum Gasteiger partial charge on any atom is -0.416 e. The molecule has 188 valence electrons. The van der Waals surface area contributed by atoms with E-state index < -0.39 is 25.0 Å². The topological polar surface area (TPSA) is 53.7 Å². The lowest BCUT2D eigenvalue weighted by molar-refractivity contribution is 0.0137. The van der Waals surface area contributed by atoms with Gasteiger partial charge in [-0.1, -0.05) is 62.3 Å². The molecule has 0 saturated heterocycles. The predicted octanol–water partition coefficient (Wildman–Crippen LogP) is 7.39. The van der Waals surface area contributed by atoms with Crippen molar-refractivity contribution in [3.63, 3.8) is 0 Å². The Labute approximate surface area is 198 Å². The summed E-state index contributed by atoms with van der Waals surface area (Å²) in [5.74, 6) is 0. The van der Waals surface area contributed by atoms with Crippen molar-refractivity contribution >= 4 is 25.0 Å². The van der Waals surface area contributed by atoms with Gasteiger partial charge in [-0.25, -0.2) is 0 Å². The maximum absolute atomic E-state index is 6.77. The molecule has 0 radical (unpaired) electrons. The van der Waals surface area contributed by atoms with Crippen molar-refractivity contribution in [2.24, 2.45) is 11.1 Å². The van der Waals surface area contributed by atoms with Crippen molar-refractivity contribution in [1.29, 1.82) is 0 Å². The molecule has 0 unspecified atom stereocenters. The summed E-state index contributed by atoms with van der Waals surface area (Å²) in [6, 6.07) is 0. The van der Waals surface area contributed by atoms with E-state index in [1.54, 1.807) is 0 Å². The molecule has 0 amide bonds. The van der Waals surface area contributed by atoms with Gasteiger partial charge in [0.2, 0.25) is 0 Å².